The Labute approximate surface area is 121 Å². The van der Waals surface area contributed by atoms with Crippen molar-refractivity contribution in [2.24, 2.45) is 5.73 Å². The highest BCUT2D eigenvalue weighted by Crippen LogP contribution is 2.24. The summed E-state index contributed by atoms with van der Waals surface area (Å²) in [5.41, 5.74) is 6.88. The van der Waals surface area contributed by atoms with Gasteiger partial charge in [0, 0.05) is 10.9 Å². The van der Waals surface area contributed by atoms with Crippen molar-refractivity contribution in [2.75, 3.05) is 0 Å². The molecule has 2 aromatic rings. The average molecular weight is 324 g/mol. The predicted octanol–water partition coefficient (Wildman–Crippen LogP) is 3.40. The molecule has 0 aliphatic heterocycles. The van der Waals surface area contributed by atoms with Crippen molar-refractivity contribution in [3.05, 3.63) is 46.0 Å². The molecule has 2 rings (SSSR count). The molecular weight excluding hydrogens is 306 g/mol. The quantitative estimate of drug-likeness (QED) is 0.915. The Balaban J connectivity index is 2.15. The van der Waals surface area contributed by atoms with Crippen LogP contribution >= 0.6 is 15.9 Å². The molecule has 0 amide bonds. The Bertz CT molecular complexity index is 532. The Morgan fingerprint density at radius 3 is 2.42 bits per heavy atom. The van der Waals surface area contributed by atoms with Gasteiger partial charge in [-0.2, -0.15) is 4.98 Å². The van der Waals surface area contributed by atoms with E-state index in [0.717, 1.165) is 22.9 Å². The lowest BCUT2D eigenvalue weighted by Crippen LogP contribution is -2.35. The van der Waals surface area contributed by atoms with E-state index in [4.69, 9.17) is 10.3 Å². The maximum absolute atomic E-state index is 6.24. The second kappa shape index (κ2) is 5.84. The molecule has 0 aliphatic carbocycles. The molecule has 0 bridgehead atoms. The van der Waals surface area contributed by atoms with E-state index in [2.05, 4.69) is 26.1 Å². The summed E-state index contributed by atoms with van der Waals surface area (Å²) in [4.78, 5) is 4.43. The van der Waals surface area contributed by atoms with Crippen molar-refractivity contribution in [3.8, 4) is 0 Å². The summed E-state index contributed by atoms with van der Waals surface area (Å²) in [6.07, 6.45) is 2.22. The molecule has 5 heteroatoms. The lowest BCUT2D eigenvalue weighted by Gasteiger charge is -2.20. The molecule has 0 aliphatic rings. The van der Waals surface area contributed by atoms with Gasteiger partial charge in [-0.15, -0.1) is 0 Å². The molecule has 1 heterocycles. The smallest absolute Gasteiger partial charge is 0.246 e. The van der Waals surface area contributed by atoms with Gasteiger partial charge >= 0.3 is 0 Å². The van der Waals surface area contributed by atoms with Gasteiger partial charge in [-0.3, -0.25) is 0 Å². The first kappa shape index (κ1) is 14.2. The molecular formula is C14H18BrN3O. The molecule has 0 atom stereocenters. The van der Waals surface area contributed by atoms with E-state index in [1.54, 1.807) is 0 Å². The first-order valence-electron chi connectivity index (χ1n) is 6.43. The zero-order valence-electron chi connectivity index (χ0n) is 11.2. The zero-order valence-corrected chi connectivity index (χ0v) is 12.8. The minimum absolute atomic E-state index is 0.509. The summed E-state index contributed by atoms with van der Waals surface area (Å²) in [5, 5.41) is 4.02. The average Bonchev–Trinajstić information content (AvgIpc) is 2.89. The minimum atomic E-state index is -0.509. The highest BCUT2D eigenvalue weighted by molar-refractivity contribution is 9.10. The fourth-order valence-electron chi connectivity index (χ4n) is 1.87. The molecule has 2 N–H and O–H groups in total. The van der Waals surface area contributed by atoms with E-state index >= 15 is 0 Å². The Kier molecular flexibility index (Phi) is 4.37. The normalized spacial score (nSPS) is 11.8. The first-order valence-corrected chi connectivity index (χ1v) is 7.23. The van der Waals surface area contributed by atoms with E-state index in [9.17, 15) is 0 Å². The number of aromatic nitrogens is 2. The van der Waals surface area contributed by atoms with Gasteiger partial charge in [0.1, 0.15) is 0 Å². The lowest BCUT2D eigenvalue weighted by molar-refractivity contribution is 0.267. The summed E-state index contributed by atoms with van der Waals surface area (Å²) in [6.45, 7) is 4.06. The number of benzene rings is 1. The first-order chi connectivity index (χ1) is 9.07. The summed E-state index contributed by atoms with van der Waals surface area (Å²) in [5.74, 6) is 1.21. The molecule has 4 nitrogen and oxygen atoms in total. The van der Waals surface area contributed by atoms with Crippen LogP contribution in [-0.2, 0) is 12.0 Å². The maximum atomic E-state index is 6.24. The van der Waals surface area contributed by atoms with Crippen LogP contribution in [0.2, 0.25) is 0 Å². The van der Waals surface area contributed by atoms with Gasteiger partial charge in [-0.1, -0.05) is 47.1 Å². The maximum Gasteiger partial charge on any atom is 0.246 e. The van der Waals surface area contributed by atoms with Crippen LogP contribution < -0.4 is 5.73 Å². The molecule has 1 aromatic carbocycles. The Hall–Kier alpha value is -1.20. The predicted molar refractivity (Wildman–Crippen MR) is 77.7 cm³/mol. The molecule has 1 aromatic heterocycles. The number of hydrogen-bond donors (Lipinski definition) is 1. The fraction of sp³-hybridized carbons (Fsp3) is 0.429. The molecule has 19 heavy (non-hydrogen) atoms. The number of nitrogens with two attached hydrogens (primary N) is 1. The second-order valence-corrected chi connectivity index (χ2v) is 5.60. The van der Waals surface area contributed by atoms with Gasteiger partial charge in [0.2, 0.25) is 5.89 Å². The molecule has 0 fully saturated rings. The van der Waals surface area contributed by atoms with Crippen LogP contribution in [0.1, 0.15) is 44.0 Å². The number of rotatable bonds is 5. The van der Waals surface area contributed by atoms with Crippen LogP contribution in [0.3, 0.4) is 0 Å². The van der Waals surface area contributed by atoms with Crippen molar-refractivity contribution >= 4 is 15.9 Å². The summed E-state index contributed by atoms with van der Waals surface area (Å²) in [7, 11) is 0. The van der Waals surface area contributed by atoms with Gasteiger partial charge in [-0.25, -0.2) is 0 Å². The summed E-state index contributed by atoms with van der Waals surface area (Å²) < 4.78 is 6.37. The molecule has 0 unspecified atom stereocenters. The summed E-state index contributed by atoms with van der Waals surface area (Å²) in [6, 6.07) is 8.08. The number of hydrogen-bond acceptors (Lipinski definition) is 4. The molecule has 0 radical (unpaired) electrons. The van der Waals surface area contributed by atoms with Crippen LogP contribution in [0.25, 0.3) is 0 Å². The monoisotopic (exact) mass is 323 g/mol. The summed E-state index contributed by atoms with van der Waals surface area (Å²) >= 11 is 3.41. The number of halogens is 1. The van der Waals surface area contributed by atoms with E-state index in [0.29, 0.717) is 18.1 Å². The van der Waals surface area contributed by atoms with Crippen LogP contribution in [0.4, 0.5) is 0 Å². The van der Waals surface area contributed by atoms with Gasteiger partial charge in [0.15, 0.2) is 5.82 Å². The fourth-order valence-corrected chi connectivity index (χ4v) is 2.13. The van der Waals surface area contributed by atoms with Crippen LogP contribution in [0, 0.1) is 0 Å². The van der Waals surface area contributed by atoms with E-state index in [1.165, 1.54) is 0 Å². The van der Waals surface area contributed by atoms with Gasteiger partial charge in [0.25, 0.3) is 0 Å². The van der Waals surface area contributed by atoms with Crippen molar-refractivity contribution in [1.29, 1.82) is 0 Å². The zero-order chi connectivity index (χ0) is 13.9. The van der Waals surface area contributed by atoms with Gasteiger partial charge in [-0.05, 0) is 30.5 Å². The lowest BCUT2D eigenvalue weighted by atomic mass is 9.94. The van der Waals surface area contributed by atoms with E-state index in [1.807, 2.05) is 38.1 Å². The third-order valence-corrected chi connectivity index (χ3v) is 3.96. The van der Waals surface area contributed by atoms with Gasteiger partial charge in [0.05, 0.1) is 5.54 Å². The van der Waals surface area contributed by atoms with Crippen molar-refractivity contribution in [3.63, 3.8) is 0 Å². The Morgan fingerprint density at radius 2 is 1.84 bits per heavy atom. The van der Waals surface area contributed by atoms with Gasteiger partial charge < -0.3 is 10.3 Å². The Morgan fingerprint density at radius 1 is 1.21 bits per heavy atom. The molecule has 0 saturated carbocycles. The topological polar surface area (TPSA) is 64.9 Å². The standard InChI is InChI=1S/C14H18BrN3O/c1-3-14(16,4-2)13-17-12(18-19-13)9-10-5-7-11(15)8-6-10/h5-8H,3-4,9,16H2,1-2H3. The number of nitrogens with zero attached hydrogens (tertiary/aromatic N) is 2. The van der Waals surface area contributed by atoms with Crippen LogP contribution in [-0.4, -0.2) is 10.1 Å². The highest BCUT2D eigenvalue weighted by atomic mass is 79.9. The van der Waals surface area contributed by atoms with E-state index in [-0.39, 0.29) is 0 Å². The minimum Gasteiger partial charge on any atom is -0.337 e. The SMILES string of the molecule is CCC(N)(CC)c1nc(Cc2ccc(Br)cc2)no1. The third kappa shape index (κ3) is 3.22. The molecule has 0 spiro atoms. The molecule has 102 valence electrons. The molecule has 0 saturated heterocycles. The largest absolute Gasteiger partial charge is 0.337 e. The van der Waals surface area contributed by atoms with E-state index < -0.39 is 5.54 Å². The van der Waals surface area contributed by atoms with Crippen molar-refractivity contribution in [1.82, 2.24) is 10.1 Å². The third-order valence-electron chi connectivity index (χ3n) is 3.43. The second-order valence-electron chi connectivity index (χ2n) is 4.68. The van der Waals surface area contributed by atoms with Crippen LogP contribution in [0.5, 0.6) is 0 Å². The van der Waals surface area contributed by atoms with Crippen LogP contribution in [0.15, 0.2) is 33.3 Å². The van der Waals surface area contributed by atoms with Crippen molar-refractivity contribution in [2.45, 2.75) is 38.6 Å². The van der Waals surface area contributed by atoms with Crippen molar-refractivity contribution < 1.29 is 4.52 Å². The highest BCUT2D eigenvalue weighted by Gasteiger charge is 2.29.